The molecule has 0 saturated heterocycles. The van der Waals surface area contributed by atoms with Gasteiger partial charge in [-0.25, -0.2) is 0 Å². The van der Waals surface area contributed by atoms with Gasteiger partial charge in [-0.05, 0) is 63.1 Å². The normalized spacial score (nSPS) is 17.4. The van der Waals surface area contributed by atoms with E-state index in [0.717, 1.165) is 5.56 Å². The molecule has 2 amide bonds. The molecule has 1 aliphatic rings. The molecule has 0 saturated carbocycles. The van der Waals surface area contributed by atoms with Crippen molar-refractivity contribution in [2.45, 2.75) is 32.8 Å². The maximum atomic E-state index is 12.7. The number of amides is 2. The van der Waals surface area contributed by atoms with E-state index in [0.29, 0.717) is 54.1 Å². The third-order valence-corrected chi connectivity index (χ3v) is 4.91. The monoisotopic (exact) mass is 432 g/mol. The molecule has 1 atom stereocenters. The average Bonchev–Trinajstić information content (AvgIpc) is 2.71. The van der Waals surface area contributed by atoms with Gasteiger partial charge in [0.25, 0.3) is 17.4 Å². The van der Waals surface area contributed by atoms with E-state index >= 15 is 0 Å². The number of carbonyl (C=O) groups is 2. The number of hydrogen-bond donors (Lipinski definition) is 2. The number of halogens is 1. The van der Waals surface area contributed by atoms with E-state index in [1.54, 1.807) is 18.2 Å². The Morgan fingerprint density at radius 2 is 1.87 bits per heavy atom. The number of ether oxygens (including phenoxy) is 3. The van der Waals surface area contributed by atoms with Crippen molar-refractivity contribution in [1.82, 2.24) is 5.32 Å². The van der Waals surface area contributed by atoms with Gasteiger partial charge in [0.15, 0.2) is 11.5 Å². The highest BCUT2D eigenvalue weighted by Gasteiger charge is 2.47. The van der Waals surface area contributed by atoms with Crippen LogP contribution in [0, 0.1) is 0 Å². The van der Waals surface area contributed by atoms with Crippen LogP contribution >= 0.6 is 11.6 Å². The minimum absolute atomic E-state index is 0.331. The molecule has 0 radical (unpaired) electrons. The van der Waals surface area contributed by atoms with Crippen molar-refractivity contribution in [1.29, 1.82) is 0 Å². The molecule has 0 fully saturated rings. The summed E-state index contributed by atoms with van der Waals surface area (Å²) < 4.78 is 16.9. The smallest absolute Gasteiger partial charge is 0.278 e. The number of anilines is 1. The lowest BCUT2D eigenvalue weighted by Gasteiger charge is -2.33. The van der Waals surface area contributed by atoms with Crippen molar-refractivity contribution < 1.29 is 23.8 Å². The topological polar surface area (TPSA) is 85.9 Å². The van der Waals surface area contributed by atoms with Crippen LogP contribution in [0.4, 0.5) is 5.69 Å². The van der Waals surface area contributed by atoms with Crippen LogP contribution in [0.5, 0.6) is 17.2 Å². The minimum Gasteiger partial charge on any atom is -0.490 e. The number of carbonyl (C=O) groups excluding carboxylic acids is 2. The summed E-state index contributed by atoms with van der Waals surface area (Å²) in [5.41, 5.74) is -0.257. The molecule has 0 aromatic heterocycles. The van der Waals surface area contributed by atoms with Gasteiger partial charge in [-0.15, -0.1) is 0 Å². The van der Waals surface area contributed by atoms with Crippen LogP contribution in [0.2, 0.25) is 5.02 Å². The zero-order valence-corrected chi connectivity index (χ0v) is 18.0. The number of benzene rings is 2. The first-order valence-electron chi connectivity index (χ1n) is 9.84. The third-order valence-electron chi connectivity index (χ3n) is 4.68. The number of rotatable bonds is 8. The second-order valence-corrected chi connectivity index (χ2v) is 7.32. The maximum absolute atomic E-state index is 12.7. The molecule has 2 N–H and O–H groups in total. The van der Waals surface area contributed by atoms with E-state index in [1.807, 2.05) is 32.0 Å². The molecule has 160 valence electrons. The first-order chi connectivity index (χ1) is 14.4. The summed E-state index contributed by atoms with van der Waals surface area (Å²) in [6.45, 7) is 6.67. The fourth-order valence-corrected chi connectivity index (χ4v) is 3.26. The van der Waals surface area contributed by atoms with Crippen molar-refractivity contribution >= 4 is 29.1 Å². The lowest BCUT2D eigenvalue weighted by atomic mass is 10.0. The summed E-state index contributed by atoms with van der Waals surface area (Å²) in [7, 11) is 0. The Kier molecular flexibility index (Phi) is 6.72. The van der Waals surface area contributed by atoms with Gasteiger partial charge in [-0.1, -0.05) is 17.7 Å². The minimum atomic E-state index is -1.67. The summed E-state index contributed by atoms with van der Waals surface area (Å²) in [6, 6.07) is 10.5. The molecule has 0 spiro atoms. The molecule has 0 bridgehead atoms. The first kappa shape index (κ1) is 21.8. The fraction of sp³-hybridized carbons (Fsp3) is 0.364. The zero-order chi connectivity index (χ0) is 21.7. The molecule has 2 aromatic carbocycles. The molecule has 7 nitrogen and oxygen atoms in total. The van der Waals surface area contributed by atoms with Gasteiger partial charge < -0.3 is 24.8 Å². The predicted molar refractivity (Wildman–Crippen MR) is 115 cm³/mol. The van der Waals surface area contributed by atoms with Crippen LogP contribution in [0.1, 0.15) is 26.3 Å². The summed E-state index contributed by atoms with van der Waals surface area (Å²) in [6.07, 6.45) is 0.558. The van der Waals surface area contributed by atoms with Gasteiger partial charge in [0.2, 0.25) is 0 Å². The lowest BCUT2D eigenvalue weighted by molar-refractivity contribution is -0.146. The van der Waals surface area contributed by atoms with E-state index in [1.165, 1.54) is 6.92 Å². The van der Waals surface area contributed by atoms with Crippen molar-refractivity contribution in [3.63, 3.8) is 0 Å². The maximum Gasteiger partial charge on any atom is 0.278 e. The Bertz CT molecular complexity index is 949. The highest BCUT2D eigenvalue weighted by molar-refractivity contribution is 6.31. The predicted octanol–water partition coefficient (Wildman–Crippen LogP) is 3.59. The highest BCUT2D eigenvalue weighted by atomic mass is 35.5. The third kappa shape index (κ3) is 4.62. The Hall–Kier alpha value is -2.93. The molecular formula is C22H25ClN2O5. The van der Waals surface area contributed by atoms with Crippen LogP contribution < -0.4 is 24.8 Å². The molecule has 2 aromatic rings. The van der Waals surface area contributed by atoms with Crippen LogP contribution in [0.25, 0.3) is 0 Å². The molecule has 1 aliphatic heterocycles. The van der Waals surface area contributed by atoms with Crippen molar-refractivity contribution in [3.05, 3.63) is 47.0 Å². The largest absolute Gasteiger partial charge is 0.490 e. The zero-order valence-electron chi connectivity index (χ0n) is 17.2. The SMILES string of the molecule is CCOc1ccc(CCNC(=O)C2(C)Oc3ccc(Cl)cc3NC2=O)cc1OCC. The first-order valence-corrected chi connectivity index (χ1v) is 10.2. The Morgan fingerprint density at radius 3 is 2.60 bits per heavy atom. The van der Waals surface area contributed by atoms with Gasteiger partial charge in [0, 0.05) is 11.6 Å². The van der Waals surface area contributed by atoms with Crippen LogP contribution in [-0.2, 0) is 16.0 Å². The molecule has 8 heteroatoms. The standard InChI is InChI=1S/C22H25ClN2O5/c1-4-28-18-8-6-14(12-19(18)29-5-2)10-11-24-20(26)22(3)21(27)25-16-13-15(23)7-9-17(16)30-22/h6-9,12-13H,4-5,10-11H2,1-3H3,(H,24,26)(H,25,27). The Balaban J connectivity index is 1.63. The van der Waals surface area contributed by atoms with Gasteiger partial charge >= 0.3 is 0 Å². The molecule has 0 aliphatic carbocycles. The van der Waals surface area contributed by atoms with Gasteiger partial charge in [0.05, 0.1) is 18.9 Å². The average molecular weight is 433 g/mol. The molecule has 1 unspecified atom stereocenters. The summed E-state index contributed by atoms with van der Waals surface area (Å²) in [5, 5.41) is 5.93. The van der Waals surface area contributed by atoms with Gasteiger partial charge in [-0.3, -0.25) is 9.59 Å². The number of fused-ring (bicyclic) bond motifs is 1. The van der Waals surface area contributed by atoms with Crippen LogP contribution in [0.15, 0.2) is 36.4 Å². The van der Waals surface area contributed by atoms with Crippen LogP contribution in [-0.4, -0.2) is 37.2 Å². The van der Waals surface area contributed by atoms with Crippen molar-refractivity contribution in [2.75, 3.05) is 25.1 Å². The van der Waals surface area contributed by atoms with E-state index in [4.69, 9.17) is 25.8 Å². The van der Waals surface area contributed by atoms with Crippen molar-refractivity contribution in [2.24, 2.45) is 0 Å². The Morgan fingerprint density at radius 1 is 1.13 bits per heavy atom. The van der Waals surface area contributed by atoms with E-state index in [-0.39, 0.29) is 0 Å². The number of hydrogen-bond acceptors (Lipinski definition) is 5. The van der Waals surface area contributed by atoms with Gasteiger partial charge in [-0.2, -0.15) is 0 Å². The molecular weight excluding hydrogens is 408 g/mol. The summed E-state index contributed by atoms with van der Waals surface area (Å²) in [5.74, 6) is 0.682. The quantitative estimate of drug-likeness (QED) is 0.622. The highest BCUT2D eigenvalue weighted by Crippen LogP contribution is 2.35. The second kappa shape index (κ2) is 9.26. The molecule has 30 heavy (non-hydrogen) atoms. The molecule has 1 heterocycles. The van der Waals surface area contributed by atoms with E-state index in [9.17, 15) is 9.59 Å². The fourth-order valence-electron chi connectivity index (χ4n) is 3.09. The summed E-state index contributed by atoms with van der Waals surface area (Å²) in [4.78, 5) is 25.2. The number of nitrogens with one attached hydrogen (secondary N) is 2. The van der Waals surface area contributed by atoms with E-state index < -0.39 is 17.4 Å². The Labute approximate surface area is 180 Å². The van der Waals surface area contributed by atoms with Crippen molar-refractivity contribution in [3.8, 4) is 17.2 Å². The molecule has 3 rings (SSSR count). The second-order valence-electron chi connectivity index (χ2n) is 6.88. The van der Waals surface area contributed by atoms with Crippen LogP contribution in [0.3, 0.4) is 0 Å². The summed E-state index contributed by atoms with van der Waals surface area (Å²) >= 11 is 5.94. The lowest BCUT2D eigenvalue weighted by Crippen LogP contribution is -2.58. The van der Waals surface area contributed by atoms with Gasteiger partial charge in [0.1, 0.15) is 5.75 Å². The van der Waals surface area contributed by atoms with E-state index in [2.05, 4.69) is 10.6 Å².